The predicted molar refractivity (Wildman–Crippen MR) is 86.4 cm³/mol. The van der Waals surface area contributed by atoms with Crippen LogP contribution >= 0.6 is 0 Å². The summed E-state index contributed by atoms with van der Waals surface area (Å²) in [5, 5.41) is 14.0. The molecule has 2 aromatic rings. The van der Waals surface area contributed by atoms with E-state index in [9.17, 15) is 14.7 Å². The Morgan fingerprint density at radius 1 is 1.40 bits per heavy atom. The van der Waals surface area contributed by atoms with E-state index in [1.54, 1.807) is 13.0 Å². The number of aromatic nitrogens is 2. The highest BCUT2D eigenvalue weighted by molar-refractivity contribution is 6.07. The van der Waals surface area contributed by atoms with Gasteiger partial charge in [-0.25, -0.2) is 9.78 Å². The molecule has 2 aromatic heterocycles. The van der Waals surface area contributed by atoms with Gasteiger partial charge in [0.15, 0.2) is 0 Å². The van der Waals surface area contributed by atoms with Gasteiger partial charge in [-0.3, -0.25) is 4.79 Å². The number of aliphatic carboxylic acids is 1. The van der Waals surface area contributed by atoms with Crippen molar-refractivity contribution < 1.29 is 24.0 Å². The van der Waals surface area contributed by atoms with Crippen LogP contribution in [0.5, 0.6) is 0 Å². The third-order valence-electron chi connectivity index (χ3n) is 5.00. The van der Waals surface area contributed by atoms with Crippen LogP contribution in [-0.4, -0.2) is 57.8 Å². The van der Waals surface area contributed by atoms with Gasteiger partial charge in [0.25, 0.3) is 11.6 Å². The first kappa shape index (κ1) is 16.0. The maximum absolute atomic E-state index is 13.2. The van der Waals surface area contributed by atoms with Crippen LogP contribution in [0, 0.1) is 6.92 Å². The lowest BCUT2D eigenvalue weighted by Gasteiger charge is -2.21. The number of rotatable bonds is 4. The SMILES string of the molecule is COC1CC(C(=O)O)N(C(=O)c2cc(C3CC3)nc3onc(C)c23)C1. The van der Waals surface area contributed by atoms with Gasteiger partial charge in [-0.2, -0.15) is 0 Å². The van der Waals surface area contributed by atoms with E-state index in [0.717, 1.165) is 18.5 Å². The number of pyridine rings is 1. The molecule has 4 rings (SSSR count). The molecule has 1 amide bonds. The molecule has 132 valence electrons. The number of hydrogen-bond donors (Lipinski definition) is 1. The standard InChI is InChI=1S/C17H19N3O5/c1-8-14-11(6-12(9-3-4-9)18-15(14)25-19-8)16(21)20-7-10(24-2)5-13(20)17(22)23/h6,9-10,13H,3-5,7H2,1-2H3,(H,22,23). The van der Waals surface area contributed by atoms with Gasteiger partial charge in [-0.15, -0.1) is 0 Å². The minimum absolute atomic E-state index is 0.249. The van der Waals surface area contributed by atoms with E-state index < -0.39 is 12.0 Å². The van der Waals surface area contributed by atoms with Gasteiger partial charge in [-0.1, -0.05) is 5.16 Å². The Morgan fingerprint density at radius 2 is 2.16 bits per heavy atom. The lowest BCUT2D eigenvalue weighted by molar-refractivity contribution is -0.141. The van der Waals surface area contributed by atoms with Crippen LogP contribution in [0.3, 0.4) is 0 Å². The zero-order chi connectivity index (χ0) is 17.7. The van der Waals surface area contributed by atoms with E-state index in [1.165, 1.54) is 12.0 Å². The Labute approximate surface area is 143 Å². The van der Waals surface area contributed by atoms with Gasteiger partial charge >= 0.3 is 5.97 Å². The fourth-order valence-corrected chi connectivity index (χ4v) is 3.45. The molecule has 2 fully saturated rings. The molecule has 0 spiro atoms. The number of carbonyl (C=O) groups is 2. The number of carboxylic acids is 1. The molecule has 2 aliphatic rings. The molecule has 1 aliphatic heterocycles. The van der Waals surface area contributed by atoms with E-state index in [2.05, 4.69) is 10.1 Å². The molecular formula is C17H19N3O5. The summed E-state index contributed by atoms with van der Waals surface area (Å²) in [4.78, 5) is 30.6. The van der Waals surface area contributed by atoms with Crippen LogP contribution < -0.4 is 0 Å². The van der Waals surface area contributed by atoms with Crippen molar-refractivity contribution in [3.63, 3.8) is 0 Å². The number of methoxy groups -OCH3 is 1. The third-order valence-corrected chi connectivity index (χ3v) is 5.00. The molecule has 8 nitrogen and oxygen atoms in total. The van der Waals surface area contributed by atoms with E-state index in [4.69, 9.17) is 9.26 Å². The Bertz CT molecular complexity index is 857. The third kappa shape index (κ3) is 2.66. The Kier molecular flexibility index (Phi) is 3.72. The average Bonchev–Trinajstić information content (AvgIpc) is 3.25. The molecule has 2 atom stereocenters. The molecule has 0 radical (unpaired) electrons. The minimum Gasteiger partial charge on any atom is -0.480 e. The summed E-state index contributed by atoms with van der Waals surface area (Å²) >= 11 is 0. The Balaban J connectivity index is 1.78. The van der Waals surface area contributed by atoms with E-state index >= 15 is 0 Å². The zero-order valence-corrected chi connectivity index (χ0v) is 14.1. The quantitative estimate of drug-likeness (QED) is 0.899. The highest BCUT2D eigenvalue weighted by atomic mass is 16.5. The van der Waals surface area contributed by atoms with Crippen LogP contribution in [0.1, 0.15) is 46.9 Å². The van der Waals surface area contributed by atoms with Gasteiger partial charge in [0, 0.05) is 31.7 Å². The highest BCUT2D eigenvalue weighted by Gasteiger charge is 2.41. The number of fused-ring (bicyclic) bond motifs is 1. The van der Waals surface area contributed by atoms with Crippen molar-refractivity contribution in [2.24, 2.45) is 0 Å². The molecule has 1 saturated heterocycles. The smallest absolute Gasteiger partial charge is 0.326 e. The lowest BCUT2D eigenvalue weighted by Crippen LogP contribution is -2.40. The molecule has 3 heterocycles. The largest absolute Gasteiger partial charge is 0.480 e. The number of nitrogens with zero attached hydrogens (tertiary/aromatic N) is 3. The van der Waals surface area contributed by atoms with E-state index in [-0.39, 0.29) is 25.0 Å². The Morgan fingerprint density at radius 3 is 2.80 bits per heavy atom. The molecular weight excluding hydrogens is 326 g/mol. The number of carbonyl (C=O) groups excluding carboxylic acids is 1. The topological polar surface area (TPSA) is 106 Å². The second kappa shape index (κ2) is 5.80. The van der Waals surface area contributed by atoms with Crippen molar-refractivity contribution in [2.75, 3.05) is 13.7 Å². The first-order valence-electron chi connectivity index (χ1n) is 8.33. The van der Waals surface area contributed by atoms with E-state index in [0.29, 0.717) is 28.3 Å². The summed E-state index contributed by atoms with van der Waals surface area (Å²) in [5.74, 6) is -1.03. The van der Waals surface area contributed by atoms with Gasteiger partial charge in [0.2, 0.25) is 0 Å². The predicted octanol–water partition coefficient (Wildman–Crippen LogP) is 1.72. The number of likely N-dealkylation sites (tertiary alicyclic amines) is 1. The van der Waals surface area contributed by atoms with Gasteiger partial charge in [0.1, 0.15) is 6.04 Å². The van der Waals surface area contributed by atoms with Crippen molar-refractivity contribution in [3.05, 3.63) is 23.0 Å². The molecule has 25 heavy (non-hydrogen) atoms. The Hall–Kier alpha value is -2.48. The second-order valence-corrected chi connectivity index (χ2v) is 6.72. The molecule has 0 bridgehead atoms. The number of aryl methyl sites for hydroxylation is 1. The van der Waals surface area contributed by atoms with Gasteiger partial charge < -0.3 is 19.3 Å². The van der Waals surface area contributed by atoms with Crippen molar-refractivity contribution in [2.45, 2.75) is 44.2 Å². The first-order valence-corrected chi connectivity index (χ1v) is 8.33. The van der Waals surface area contributed by atoms with Gasteiger partial charge in [0.05, 0.1) is 22.7 Å². The van der Waals surface area contributed by atoms with Crippen LogP contribution in [0.4, 0.5) is 0 Å². The lowest BCUT2D eigenvalue weighted by atomic mass is 10.1. The van der Waals surface area contributed by atoms with Crippen LogP contribution in [-0.2, 0) is 9.53 Å². The number of carboxylic acid groups (broad SMARTS) is 1. The average molecular weight is 345 g/mol. The second-order valence-electron chi connectivity index (χ2n) is 6.72. The molecule has 1 N–H and O–H groups in total. The van der Waals surface area contributed by atoms with Crippen molar-refractivity contribution in [1.29, 1.82) is 0 Å². The van der Waals surface area contributed by atoms with Crippen molar-refractivity contribution in [1.82, 2.24) is 15.0 Å². The van der Waals surface area contributed by atoms with Crippen LogP contribution in [0.2, 0.25) is 0 Å². The summed E-state index contributed by atoms with van der Waals surface area (Å²) in [5.41, 5.74) is 2.12. The fourth-order valence-electron chi connectivity index (χ4n) is 3.45. The number of ether oxygens (including phenoxy) is 1. The number of amides is 1. The van der Waals surface area contributed by atoms with Gasteiger partial charge in [-0.05, 0) is 25.8 Å². The molecule has 1 saturated carbocycles. The van der Waals surface area contributed by atoms with Crippen LogP contribution in [0.25, 0.3) is 11.1 Å². The normalized spacial score (nSPS) is 23.4. The zero-order valence-electron chi connectivity index (χ0n) is 14.1. The maximum Gasteiger partial charge on any atom is 0.326 e. The monoisotopic (exact) mass is 345 g/mol. The fraction of sp³-hybridized carbons (Fsp3) is 0.529. The molecule has 2 unspecified atom stereocenters. The summed E-state index contributed by atoms with van der Waals surface area (Å²) in [6.45, 7) is 2.00. The minimum atomic E-state index is -1.03. The summed E-state index contributed by atoms with van der Waals surface area (Å²) in [6.07, 6.45) is 2.07. The first-order chi connectivity index (χ1) is 12.0. The molecule has 0 aromatic carbocycles. The molecule has 8 heteroatoms. The number of hydrogen-bond acceptors (Lipinski definition) is 6. The summed E-state index contributed by atoms with van der Waals surface area (Å²) < 4.78 is 10.5. The highest BCUT2D eigenvalue weighted by Crippen LogP contribution is 2.41. The van der Waals surface area contributed by atoms with Crippen molar-refractivity contribution in [3.8, 4) is 0 Å². The summed E-state index contributed by atoms with van der Waals surface area (Å²) in [6, 6.07) is 0.871. The van der Waals surface area contributed by atoms with Crippen LogP contribution in [0.15, 0.2) is 10.6 Å². The maximum atomic E-state index is 13.2. The van der Waals surface area contributed by atoms with Crippen molar-refractivity contribution >= 4 is 23.0 Å². The summed E-state index contributed by atoms with van der Waals surface area (Å²) in [7, 11) is 1.53. The van der Waals surface area contributed by atoms with E-state index in [1.807, 2.05) is 0 Å². The molecule has 1 aliphatic carbocycles.